The van der Waals surface area contributed by atoms with Crippen molar-refractivity contribution in [2.45, 2.75) is 26.3 Å². The topological polar surface area (TPSA) is 57.4 Å². The van der Waals surface area contributed by atoms with Crippen molar-refractivity contribution in [3.63, 3.8) is 0 Å². The first-order valence-electron chi connectivity index (χ1n) is 8.33. The van der Waals surface area contributed by atoms with Gasteiger partial charge in [-0.2, -0.15) is 0 Å². The Bertz CT molecular complexity index is 881. The maximum atomic E-state index is 6.29. The Morgan fingerprint density at radius 1 is 1.12 bits per heavy atom. The van der Waals surface area contributed by atoms with Crippen LogP contribution in [0, 0.1) is 0 Å². The molecule has 1 heterocycles. The second-order valence-electron chi connectivity index (χ2n) is 5.93. The third-order valence-corrected chi connectivity index (χ3v) is 4.10. The Morgan fingerprint density at radius 3 is 2.68 bits per heavy atom. The Kier molecular flexibility index (Phi) is 5.41. The number of halogens is 1. The minimum Gasteiger partial charge on any atom is -0.494 e. The number of hydrogen-bond acceptors (Lipinski definition) is 4. The number of hydrogen-bond donors (Lipinski definition) is 1. The average Bonchev–Trinajstić information content (AvgIpc) is 2.61. The fraction of sp³-hybridized carbons (Fsp3) is 0.250. The Morgan fingerprint density at radius 2 is 1.96 bits per heavy atom. The van der Waals surface area contributed by atoms with Crippen molar-refractivity contribution < 1.29 is 9.47 Å². The highest BCUT2D eigenvalue weighted by atomic mass is 35.5. The highest BCUT2D eigenvalue weighted by Crippen LogP contribution is 2.32. The highest BCUT2D eigenvalue weighted by Gasteiger charge is 2.08. The Labute approximate surface area is 152 Å². The number of benzene rings is 2. The number of rotatable bonds is 6. The summed E-state index contributed by atoms with van der Waals surface area (Å²) in [6.07, 6.45) is 0.946. The van der Waals surface area contributed by atoms with Crippen LogP contribution in [-0.4, -0.2) is 11.6 Å². The van der Waals surface area contributed by atoms with Crippen LogP contribution in [0.5, 0.6) is 17.4 Å². The lowest BCUT2D eigenvalue weighted by Gasteiger charge is -2.11. The molecule has 0 spiro atoms. The van der Waals surface area contributed by atoms with E-state index in [0.29, 0.717) is 23.3 Å². The van der Waals surface area contributed by atoms with E-state index in [1.165, 1.54) is 0 Å². The van der Waals surface area contributed by atoms with Crippen molar-refractivity contribution >= 4 is 22.5 Å². The molecule has 0 fully saturated rings. The quantitative estimate of drug-likeness (QED) is 0.634. The van der Waals surface area contributed by atoms with Crippen molar-refractivity contribution in [2.75, 3.05) is 6.61 Å². The average molecular weight is 357 g/mol. The molecule has 1 atom stereocenters. The van der Waals surface area contributed by atoms with Crippen LogP contribution < -0.4 is 15.2 Å². The van der Waals surface area contributed by atoms with Crippen LogP contribution in [0.25, 0.3) is 10.9 Å². The molecular weight excluding hydrogens is 336 g/mol. The number of nitrogens with two attached hydrogens (primary N) is 1. The lowest BCUT2D eigenvalue weighted by molar-refractivity contribution is 0.317. The molecular formula is C20H21ClN2O2. The molecule has 3 rings (SSSR count). The minimum atomic E-state index is -0.00688. The third kappa shape index (κ3) is 4.21. The number of aromatic nitrogens is 1. The van der Waals surface area contributed by atoms with Gasteiger partial charge >= 0.3 is 0 Å². The molecule has 0 bridgehead atoms. The van der Waals surface area contributed by atoms with E-state index in [1.54, 1.807) is 12.1 Å². The molecule has 2 aromatic carbocycles. The van der Waals surface area contributed by atoms with Gasteiger partial charge < -0.3 is 15.2 Å². The molecule has 5 heteroatoms. The summed E-state index contributed by atoms with van der Waals surface area (Å²) in [6.45, 7) is 4.68. The van der Waals surface area contributed by atoms with Gasteiger partial charge in [-0.05, 0) is 49.2 Å². The molecule has 0 aliphatic heterocycles. The number of ether oxygens (including phenoxy) is 2. The van der Waals surface area contributed by atoms with Gasteiger partial charge in [-0.1, -0.05) is 24.6 Å². The monoisotopic (exact) mass is 356 g/mol. The molecule has 0 saturated carbocycles. The number of fused-ring (bicyclic) bond motifs is 1. The van der Waals surface area contributed by atoms with Crippen molar-refractivity contribution in [1.29, 1.82) is 0 Å². The van der Waals surface area contributed by atoms with Crippen molar-refractivity contribution in [1.82, 2.24) is 4.98 Å². The molecule has 1 aromatic heterocycles. The summed E-state index contributed by atoms with van der Waals surface area (Å²) < 4.78 is 11.4. The minimum absolute atomic E-state index is 0.00688. The summed E-state index contributed by atoms with van der Waals surface area (Å²) in [6, 6.07) is 15.1. The predicted molar refractivity (Wildman–Crippen MR) is 102 cm³/mol. The first-order chi connectivity index (χ1) is 12.1. The van der Waals surface area contributed by atoms with E-state index in [4.69, 9.17) is 26.8 Å². The van der Waals surface area contributed by atoms with Crippen molar-refractivity contribution in [2.24, 2.45) is 5.73 Å². The molecule has 0 aliphatic carbocycles. The molecule has 0 aliphatic rings. The Balaban J connectivity index is 1.81. The predicted octanol–water partition coefficient (Wildman–Crippen LogP) is 5.49. The van der Waals surface area contributed by atoms with Gasteiger partial charge in [-0.15, -0.1) is 0 Å². The summed E-state index contributed by atoms with van der Waals surface area (Å²) in [4.78, 5) is 4.53. The van der Waals surface area contributed by atoms with Gasteiger partial charge in [0.15, 0.2) is 0 Å². The largest absolute Gasteiger partial charge is 0.494 e. The van der Waals surface area contributed by atoms with Crippen LogP contribution in [0.2, 0.25) is 5.02 Å². The second kappa shape index (κ2) is 7.72. The van der Waals surface area contributed by atoms with Gasteiger partial charge in [-0.3, -0.25) is 0 Å². The SMILES string of the molecule is CCCOc1ccc(Oc2ccc3cc(C(C)N)ccc3n2)c(Cl)c1. The molecule has 1 unspecified atom stereocenters. The van der Waals surface area contributed by atoms with Crippen LogP contribution >= 0.6 is 11.6 Å². The van der Waals surface area contributed by atoms with Gasteiger partial charge in [0.05, 0.1) is 17.1 Å². The summed E-state index contributed by atoms with van der Waals surface area (Å²) in [7, 11) is 0. The molecule has 2 N–H and O–H groups in total. The molecule has 25 heavy (non-hydrogen) atoms. The van der Waals surface area contributed by atoms with Crippen LogP contribution in [0.15, 0.2) is 48.5 Å². The van der Waals surface area contributed by atoms with Gasteiger partial charge in [-0.25, -0.2) is 4.98 Å². The summed E-state index contributed by atoms with van der Waals surface area (Å²) in [5, 5.41) is 1.51. The fourth-order valence-electron chi connectivity index (χ4n) is 2.45. The van der Waals surface area contributed by atoms with Crippen LogP contribution in [0.1, 0.15) is 31.9 Å². The van der Waals surface area contributed by atoms with Crippen LogP contribution in [0.3, 0.4) is 0 Å². The Hall–Kier alpha value is -2.30. The maximum absolute atomic E-state index is 6.29. The molecule has 4 nitrogen and oxygen atoms in total. The first-order valence-corrected chi connectivity index (χ1v) is 8.71. The van der Waals surface area contributed by atoms with Crippen LogP contribution in [0.4, 0.5) is 0 Å². The van der Waals surface area contributed by atoms with Crippen LogP contribution in [-0.2, 0) is 0 Å². The summed E-state index contributed by atoms with van der Waals surface area (Å²) >= 11 is 6.29. The van der Waals surface area contributed by atoms with Gasteiger partial charge in [0, 0.05) is 23.6 Å². The first kappa shape index (κ1) is 17.5. The van der Waals surface area contributed by atoms with Gasteiger partial charge in [0.1, 0.15) is 11.5 Å². The fourth-order valence-corrected chi connectivity index (χ4v) is 2.66. The number of pyridine rings is 1. The summed E-state index contributed by atoms with van der Waals surface area (Å²) in [5.41, 5.74) is 7.85. The maximum Gasteiger partial charge on any atom is 0.219 e. The van der Waals surface area contributed by atoms with Crippen molar-refractivity contribution in [3.05, 3.63) is 59.1 Å². The van der Waals surface area contributed by atoms with E-state index in [2.05, 4.69) is 11.9 Å². The van der Waals surface area contributed by atoms with E-state index >= 15 is 0 Å². The zero-order valence-electron chi connectivity index (χ0n) is 14.3. The molecule has 0 radical (unpaired) electrons. The normalized spacial score (nSPS) is 12.2. The van der Waals surface area contributed by atoms with E-state index in [1.807, 2.05) is 43.3 Å². The van der Waals surface area contributed by atoms with E-state index < -0.39 is 0 Å². The zero-order valence-corrected chi connectivity index (χ0v) is 15.1. The van der Waals surface area contributed by atoms with E-state index in [0.717, 1.165) is 28.6 Å². The van der Waals surface area contributed by atoms with Crippen molar-refractivity contribution in [3.8, 4) is 17.4 Å². The summed E-state index contributed by atoms with van der Waals surface area (Å²) in [5.74, 6) is 1.77. The molecule has 0 amide bonds. The zero-order chi connectivity index (χ0) is 17.8. The molecule has 3 aromatic rings. The third-order valence-electron chi connectivity index (χ3n) is 3.80. The molecule has 130 valence electrons. The second-order valence-corrected chi connectivity index (χ2v) is 6.34. The van der Waals surface area contributed by atoms with E-state index in [9.17, 15) is 0 Å². The van der Waals surface area contributed by atoms with Gasteiger partial charge in [0.2, 0.25) is 5.88 Å². The number of nitrogens with zero attached hydrogens (tertiary/aromatic N) is 1. The van der Waals surface area contributed by atoms with Gasteiger partial charge in [0.25, 0.3) is 0 Å². The van der Waals surface area contributed by atoms with E-state index in [-0.39, 0.29) is 6.04 Å². The lowest BCUT2D eigenvalue weighted by Crippen LogP contribution is -2.04. The lowest BCUT2D eigenvalue weighted by atomic mass is 10.1. The smallest absolute Gasteiger partial charge is 0.219 e. The molecule has 0 saturated heterocycles. The highest BCUT2D eigenvalue weighted by molar-refractivity contribution is 6.32. The standard InChI is InChI=1S/C20H21ClN2O2/c1-3-10-24-16-6-8-19(17(21)12-16)25-20-9-5-15-11-14(13(2)22)4-7-18(15)23-20/h4-9,11-13H,3,10,22H2,1-2H3.